The molecule has 1 atom stereocenters. The van der Waals surface area contributed by atoms with Crippen molar-refractivity contribution in [2.24, 2.45) is 0 Å². The van der Waals surface area contributed by atoms with Crippen LogP contribution in [0.25, 0.3) is 0 Å². The maximum atomic E-state index is 13.0. The van der Waals surface area contributed by atoms with Gasteiger partial charge in [0.2, 0.25) is 5.91 Å². The zero-order valence-electron chi connectivity index (χ0n) is 16.3. The minimum absolute atomic E-state index is 0.0856. The third-order valence-corrected chi connectivity index (χ3v) is 4.87. The van der Waals surface area contributed by atoms with Gasteiger partial charge in [-0.1, -0.05) is 60.7 Å². The molecule has 0 bridgehead atoms. The molecule has 0 aliphatic carbocycles. The summed E-state index contributed by atoms with van der Waals surface area (Å²) in [6, 6.07) is 24.9. The molecule has 0 aromatic heterocycles. The highest BCUT2D eigenvalue weighted by atomic mass is 16.6. The van der Waals surface area contributed by atoms with Gasteiger partial charge in [0.25, 0.3) is 0 Å². The van der Waals surface area contributed by atoms with Gasteiger partial charge >= 0.3 is 0 Å². The monoisotopic (exact) mass is 388 g/mol. The summed E-state index contributed by atoms with van der Waals surface area (Å²) < 4.78 is 11.2. The van der Waals surface area contributed by atoms with Crippen molar-refractivity contribution >= 4 is 11.6 Å². The third kappa shape index (κ3) is 4.51. The van der Waals surface area contributed by atoms with Crippen LogP contribution in [0.15, 0.2) is 78.9 Å². The highest BCUT2D eigenvalue weighted by Crippen LogP contribution is 2.32. The molecule has 1 unspecified atom stereocenters. The molecule has 1 heterocycles. The molecular formula is C24H24N2O3. The molecule has 1 amide bonds. The van der Waals surface area contributed by atoms with Crippen molar-refractivity contribution in [1.82, 2.24) is 5.32 Å². The molecule has 2 N–H and O–H groups in total. The second-order valence-corrected chi connectivity index (χ2v) is 6.99. The second-order valence-electron chi connectivity index (χ2n) is 6.99. The molecule has 5 heteroatoms. The van der Waals surface area contributed by atoms with E-state index in [4.69, 9.17) is 9.47 Å². The van der Waals surface area contributed by atoms with Crippen LogP contribution in [0.1, 0.15) is 24.1 Å². The van der Waals surface area contributed by atoms with Crippen LogP contribution in [-0.2, 0) is 4.79 Å². The van der Waals surface area contributed by atoms with Gasteiger partial charge in [0.1, 0.15) is 19.3 Å². The van der Waals surface area contributed by atoms with E-state index >= 15 is 0 Å². The summed E-state index contributed by atoms with van der Waals surface area (Å²) in [6.07, 6.45) is 0. The average molecular weight is 388 g/mol. The summed E-state index contributed by atoms with van der Waals surface area (Å²) in [5.41, 5.74) is 2.89. The molecular weight excluding hydrogens is 364 g/mol. The minimum atomic E-state index is -0.424. The fourth-order valence-corrected chi connectivity index (χ4v) is 3.37. The van der Waals surface area contributed by atoms with Crippen molar-refractivity contribution in [1.29, 1.82) is 0 Å². The van der Waals surface area contributed by atoms with Crippen molar-refractivity contribution < 1.29 is 14.3 Å². The molecule has 0 saturated heterocycles. The lowest BCUT2D eigenvalue weighted by Crippen LogP contribution is -2.40. The molecule has 29 heavy (non-hydrogen) atoms. The van der Waals surface area contributed by atoms with E-state index in [0.29, 0.717) is 19.0 Å². The van der Waals surface area contributed by atoms with Crippen molar-refractivity contribution in [2.45, 2.75) is 19.0 Å². The number of hydrogen-bond acceptors (Lipinski definition) is 4. The second kappa shape index (κ2) is 8.69. The molecule has 1 aliphatic rings. The zero-order chi connectivity index (χ0) is 20.1. The first-order valence-corrected chi connectivity index (χ1v) is 9.77. The van der Waals surface area contributed by atoms with Gasteiger partial charge in [0, 0.05) is 11.8 Å². The van der Waals surface area contributed by atoms with E-state index in [-0.39, 0.29) is 11.9 Å². The first-order chi connectivity index (χ1) is 14.2. The van der Waals surface area contributed by atoms with Crippen molar-refractivity contribution in [3.8, 4) is 11.5 Å². The van der Waals surface area contributed by atoms with Gasteiger partial charge in [-0.25, -0.2) is 0 Å². The normalized spacial score (nSPS) is 13.6. The van der Waals surface area contributed by atoms with Crippen LogP contribution in [-0.4, -0.2) is 25.2 Å². The molecule has 1 aliphatic heterocycles. The molecule has 4 rings (SSSR count). The number of amides is 1. The Morgan fingerprint density at radius 2 is 1.41 bits per heavy atom. The predicted molar refractivity (Wildman–Crippen MR) is 113 cm³/mol. The highest BCUT2D eigenvalue weighted by Gasteiger charge is 2.21. The number of anilines is 1. The van der Waals surface area contributed by atoms with E-state index in [0.717, 1.165) is 22.6 Å². The number of nitrogens with one attached hydrogen (secondary N) is 2. The van der Waals surface area contributed by atoms with Crippen LogP contribution in [0.2, 0.25) is 0 Å². The van der Waals surface area contributed by atoms with Gasteiger partial charge in [0.15, 0.2) is 11.5 Å². The van der Waals surface area contributed by atoms with Crippen LogP contribution in [0.5, 0.6) is 11.5 Å². The van der Waals surface area contributed by atoms with Crippen LogP contribution in [0.3, 0.4) is 0 Å². The summed E-state index contributed by atoms with van der Waals surface area (Å²) in [4.78, 5) is 13.0. The van der Waals surface area contributed by atoms with Crippen LogP contribution in [0.4, 0.5) is 5.69 Å². The number of rotatable bonds is 6. The topological polar surface area (TPSA) is 59.6 Å². The van der Waals surface area contributed by atoms with Crippen LogP contribution in [0, 0.1) is 0 Å². The Hall–Kier alpha value is -3.47. The lowest BCUT2D eigenvalue weighted by molar-refractivity contribution is -0.122. The fraction of sp³-hybridized carbons (Fsp3) is 0.208. The average Bonchev–Trinajstić information content (AvgIpc) is 2.78. The highest BCUT2D eigenvalue weighted by molar-refractivity contribution is 5.85. The Kier molecular flexibility index (Phi) is 5.66. The zero-order valence-corrected chi connectivity index (χ0v) is 16.3. The maximum absolute atomic E-state index is 13.0. The van der Waals surface area contributed by atoms with Gasteiger partial charge in [-0.15, -0.1) is 0 Å². The maximum Gasteiger partial charge on any atom is 0.242 e. The molecule has 3 aromatic carbocycles. The van der Waals surface area contributed by atoms with Gasteiger partial charge in [-0.05, 0) is 30.2 Å². The number of ether oxygens (including phenoxy) is 2. The van der Waals surface area contributed by atoms with Crippen LogP contribution < -0.4 is 20.1 Å². The molecule has 3 aromatic rings. The standard InChI is InChI=1S/C24H24N2O3/c1-17(25-20-12-13-21-22(16-20)29-15-14-28-21)24(27)26-23(18-8-4-2-5-9-18)19-10-6-3-7-11-19/h2-13,16-17,23,25H,14-15H2,1H3,(H,26,27). The number of benzene rings is 3. The fourth-order valence-electron chi connectivity index (χ4n) is 3.37. The lowest BCUT2D eigenvalue weighted by Gasteiger charge is -2.24. The van der Waals surface area contributed by atoms with E-state index in [1.54, 1.807) is 0 Å². The summed E-state index contributed by atoms with van der Waals surface area (Å²) in [5.74, 6) is 1.34. The Bertz CT molecular complexity index is 921. The summed E-state index contributed by atoms with van der Waals surface area (Å²) >= 11 is 0. The molecule has 148 valence electrons. The number of fused-ring (bicyclic) bond motifs is 1. The third-order valence-electron chi connectivity index (χ3n) is 4.87. The number of hydrogen-bond donors (Lipinski definition) is 2. The van der Waals surface area contributed by atoms with Crippen molar-refractivity contribution in [3.05, 3.63) is 90.0 Å². The minimum Gasteiger partial charge on any atom is -0.486 e. The van der Waals surface area contributed by atoms with E-state index in [1.807, 2.05) is 85.8 Å². The quantitative estimate of drug-likeness (QED) is 0.666. The van der Waals surface area contributed by atoms with E-state index in [1.165, 1.54) is 0 Å². The first-order valence-electron chi connectivity index (χ1n) is 9.77. The molecule has 5 nitrogen and oxygen atoms in total. The van der Waals surface area contributed by atoms with Crippen molar-refractivity contribution in [2.75, 3.05) is 18.5 Å². The SMILES string of the molecule is CC(Nc1ccc2c(c1)OCCO2)C(=O)NC(c1ccccc1)c1ccccc1. The smallest absolute Gasteiger partial charge is 0.242 e. The molecule has 0 radical (unpaired) electrons. The molecule has 0 spiro atoms. The number of carbonyl (C=O) groups is 1. The first kappa shape index (κ1) is 18.9. The lowest BCUT2D eigenvalue weighted by atomic mass is 9.98. The van der Waals surface area contributed by atoms with E-state index < -0.39 is 6.04 Å². The summed E-state index contributed by atoms with van der Waals surface area (Å²) in [7, 11) is 0. The summed E-state index contributed by atoms with van der Waals surface area (Å²) in [5, 5.41) is 6.43. The van der Waals surface area contributed by atoms with Gasteiger partial charge in [-0.3, -0.25) is 4.79 Å². The molecule has 0 fully saturated rings. The number of carbonyl (C=O) groups excluding carboxylic acids is 1. The van der Waals surface area contributed by atoms with E-state index in [2.05, 4.69) is 10.6 Å². The predicted octanol–water partition coefficient (Wildman–Crippen LogP) is 4.16. The Morgan fingerprint density at radius 3 is 2.03 bits per heavy atom. The van der Waals surface area contributed by atoms with Crippen LogP contribution >= 0.6 is 0 Å². The Morgan fingerprint density at radius 1 is 0.828 bits per heavy atom. The molecule has 0 saturated carbocycles. The Labute approximate surface area is 170 Å². The van der Waals surface area contributed by atoms with Gasteiger partial charge in [-0.2, -0.15) is 0 Å². The van der Waals surface area contributed by atoms with Crippen molar-refractivity contribution in [3.63, 3.8) is 0 Å². The van der Waals surface area contributed by atoms with E-state index in [9.17, 15) is 4.79 Å². The largest absolute Gasteiger partial charge is 0.486 e. The Balaban J connectivity index is 1.48. The summed E-state index contributed by atoms with van der Waals surface area (Å²) in [6.45, 7) is 2.93. The van der Waals surface area contributed by atoms with Gasteiger partial charge in [0.05, 0.1) is 6.04 Å². The van der Waals surface area contributed by atoms with Gasteiger partial charge < -0.3 is 20.1 Å².